The summed E-state index contributed by atoms with van der Waals surface area (Å²) < 4.78 is 51.0. The highest BCUT2D eigenvalue weighted by atomic mass is 35.5. The van der Waals surface area contributed by atoms with Crippen LogP contribution in [-0.4, -0.2) is 4.98 Å². The third-order valence-corrected chi connectivity index (χ3v) is 3.00. The lowest BCUT2D eigenvalue weighted by Crippen LogP contribution is -2.07. The first-order valence-electron chi connectivity index (χ1n) is 4.98. The van der Waals surface area contributed by atoms with Gasteiger partial charge in [0.2, 0.25) is 0 Å². The molecule has 0 unspecified atom stereocenters. The highest BCUT2D eigenvalue weighted by Crippen LogP contribution is 2.36. The van der Waals surface area contributed by atoms with Gasteiger partial charge in [-0.05, 0) is 18.2 Å². The summed E-state index contributed by atoms with van der Waals surface area (Å²) >= 11 is 11.7. The fraction of sp³-hybridized carbons (Fsp3) is 0.0833. The number of hydrogen-bond acceptors (Lipinski definition) is 1. The summed E-state index contributed by atoms with van der Waals surface area (Å²) in [7, 11) is 0. The van der Waals surface area contributed by atoms with Crippen molar-refractivity contribution in [1.82, 2.24) is 4.98 Å². The minimum atomic E-state index is -4.66. The molecular weight excluding hydrogens is 305 g/mol. The van der Waals surface area contributed by atoms with E-state index in [1.807, 2.05) is 0 Å². The van der Waals surface area contributed by atoms with Crippen LogP contribution in [0, 0.1) is 5.82 Å². The molecule has 0 aliphatic rings. The maximum Gasteiger partial charge on any atom is 0.417 e. The second-order valence-electron chi connectivity index (χ2n) is 3.65. The quantitative estimate of drug-likeness (QED) is 0.659. The Bertz CT molecular complexity index is 605. The predicted molar refractivity (Wildman–Crippen MR) is 64.7 cm³/mol. The number of halogens is 6. The molecule has 0 spiro atoms. The van der Waals surface area contributed by atoms with Crippen LogP contribution in [0.5, 0.6) is 0 Å². The first kappa shape index (κ1) is 14.1. The van der Waals surface area contributed by atoms with Crippen molar-refractivity contribution in [3.8, 4) is 11.3 Å². The molecular formula is C12H5Cl2F4N. The largest absolute Gasteiger partial charge is 0.417 e. The zero-order valence-corrected chi connectivity index (χ0v) is 10.6. The number of aromatic nitrogens is 1. The molecule has 1 heterocycles. The smallest absolute Gasteiger partial charge is 0.252 e. The zero-order valence-electron chi connectivity index (χ0n) is 9.10. The average molecular weight is 310 g/mol. The number of benzene rings is 1. The van der Waals surface area contributed by atoms with Crippen molar-refractivity contribution in [3.05, 3.63) is 51.9 Å². The Kier molecular flexibility index (Phi) is 3.69. The molecule has 0 bridgehead atoms. The van der Waals surface area contributed by atoms with Crippen molar-refractivity contribution < 1.29 is 17.6 Å². The third-order valence-electron chi connectivity index (χ3n) is 2.37. The number of nitrogens with zero attached hydrogens (tertiary/aromatic N) is 1. The van der Waals surface area contributed by atoms with E-state index in [9.17, 15) is 17.6 Å². The zero-order chi connectivity index (χ0) is 14.2. The Morgan fingerprint density at radius 1 is 1.05 bits per heavy atom. The van der Waals surface area contributed by atoms with Gasteiger partial charge in [-0.3, -0.25) is 4.98 Å². The lowest BCUT2D eigenvalue weighted by atomic mass is 10.1. The Morgan fingerprint density at radius 2 is 1.63 bits per heavy atom. The van der Waals surface area contributed by atoms with Gasteiger partial charge >= 0.3 is 6.18 Å². The summed E-state index contributed by atoms with van der Waals surface area (Å²) in [5, 5.41) is 0.220. The maximum absolute atomic E-state index is 13.7. The fourth-order valence-corrected chi connectivity index (χ4v) is 2.08. The molecule has 0 saturated carbocycles. The molecule has 100 valence electrons. The van der Waals surface area contributed by atoms with Crippen molar-refractivity contribution in [1.29, 1.82) is 0 Å². The SMILES string of the molecule is Fc1cc(C(F)(F)F)cnc1-c1c(Cl)cccc1Cl. The van der Waals surface area contributed by atoms with E-state index in [2.05, 4.69) is 4.98 Å². The normalized spacial score (nSPS) is 11.7. The molecule has 2 rings (SSSR count). The van der Waals surface area contributed by atoms with Gasteiger partial charge in [-0.15, -0.1) is 0 Å². The van der Waals surface area contributed by atoms with Crippen molar-refractivity contribution in [2.75, 3.05) is 0 Å². The van der Waals surface area contributed by atoms with Crippen LogP contribution in [-0.2, 0) is 6.18 Å². The van der Waals surface area contributed by atoms with Crippen LogP contribution in [0.25, 0.3) is 11.3 Å². The summed E-state index contributed by atoms with van der Waals surface area (Å²) in [6.45, 7) is 0. The minimum Gasteiger partial charge on any atom is -0.252 e. The summed E-state index contributed by atoms with van der Waals surface area (Å²) in [6.07, 6.45) is -4.12. The van der Waals surface area contributed by atoms with Crippen LogP contribution in [0.2, 0.25) is 10.0 Å². The molecule has 1 aromatic heterocycles. The summed E-state index contributed by atoms with van der Waals surface area (Å²) in [4.78, 5) is 3.47. The first-order valence-corrected chi connectivity index (χ1v) is 5.73. The Balaban J connectivity index is 2.59. The maximum atomic E-state index is 13.7. The van der Waals surface area contributed by atoms with Gasteiger partial charge in [-0.2, -0.15) is 13.2 Å². The molecule has 0 saturated heterocycles. The van der Waals surface area contributed by atoms with Gasteiger partial charge in [-0.25, -0.2) is 4.39 Å². The van der Waals surface area contributed by atoms with Crippen molar-refractivity contribution in [2.24, 2.45) is 0 Å². The molecule has 2 aromatic rings. The van der Waals surface area contributed by atoms with Crippen LogP contribution >= 0.6 is 23.2 Å². The summed E-state index contributed by atoms with van der Waals surface area (Å²) in [5.74, 6) is -1.13. The van der Waals surface area contributed by atoms with Gasteiger partial charge in [0.05, 0.1) is 15.6 Å². The van der Waals surface area contributed by atoms with Crippen LogP contribution in [0.1, 0.15) is 5.56 Å². The third kappa shape index (κ3) is 2.82. The Labute approximate surface area is 115 Å². The van der Waals surface area contributed by atoms with Gasteiger partial charge in [0.25, 0.3) is 0 Å². The van der Waals surface area contributed by atoms with Crippen molar-refractivity contribution >= 4 is 23.2 Å². The molecule has 19 heavy (non-hydrogen) atoms. The second kappa shape index (κ2) is 4.98. The van der Waals surface area contributed by atoms with Crippen molar-refractivity contribution in [2.45, 2.75) is 6.18 Å². The molecule has 0 radical (unpaired) electrons. The van der Waals surface area contributed by atoms with Gasteiger partial charge in [-0.1, -0.05) is 29.3 Å². The van der Waals surface area contributed by atoms with E-state index in [-0.39, 0.29) is 21.3 Å². The number of alkyl halides is 3. The molecule has 0 aliphatic carbocycles. The van der Waals surface area contributed by atoms with E-state index >= 15 is 0 Å². The molecule has 0 N–H and O–H groups in total. The van der Waals surface area contributed by atoms with Gasteiger partial charge in [0.1, 0.15) is 11.5 Å². The minimum absolute atomic E-state index is 0.0667. The molecule has 0 aliphatic heterocycles. The molecule has 0 amide bonds. The Hall–Kier alpha value is -1.33. The van der Waals surface area contributed by atoms with E-state index in [0.29, 0.717) is 12.3 Å². The van der Waals surface area contributed by atoms with Crippen LogP contribution in [0.3, 0.4) is 0 Å². The Morgan fingerprint density at radius 3 is 2.11 bits per heavy atom. The van der Waals surface area contributed by atoms with Crippen LogP contribution in [0.4, 0.5) is 17.6 Å². The monoisotopic (exact) mass is 309 g/mol. The number of hydrogen-bond donors (Lipinski definition) is 0. The van der Waals surface area contributed by atoms with E-state index in [1.165, 1.54) is 18.2 Å². The lowest BCUT2D eigenvalue weighted by molar-refractivity contribution is -0.138. The highest BCUT2D eigenvalue weighted by Gasteiger charge is 2.32. The van der Waals surface area contributed by atoms with E-state index in [0.717, 1.165) is 0 Å². The molecule has 1 nitrogen and oxygen atoms in total. The van der Waals surface area contributed by atoms with Crippen molar-refractivity contribution in [3.63, 3.8) is 0 Å². The molecule has 0 fully saturated rings. The summed E-state index contributed by atoms with van der Waals surface area (Å²) in [5.41, 5.74) is -1.42. The lowest BCUT2D eigenvalue weighted by Gasteiger charge is -2.10. The van der Waals surface area contributed by atoms with Crippen LogP contribution in [0.15, 0.2) is 30.5 Å². The predicted octanol–water partition coefficient (Wildman–Crippen LogP) is 5.21. The number of pyridine rings is 1. The highest BCUT2D eigenvalue weighted by molar-refractivity contribution is 6.39. The molecule has 1 aromatic carbocycles. The van der Waals surface area contributed by atoms with Gasteiger partial charge < -0.3 is 0 Å². The average Bonchev–Trinajstić information content (AvgIpc) is 2.29. The van der Waals surface area contributed by atoms with E-state index < -0.39 is 17.6 Å². The molecule has 0 atom stereocenters. The van der Waals surface area contributed by atoms with Crippen LogP contribution < -0.4 is 0 Å². The standard InChI is InChI=1S/C12H5Cl2F4N/c13-7-2-1-3-8(14)10(7)11-9(15)4-6(5-19-11)12(16,17)18/h1-5H. The topological polar surface area (TPSA) is 12.9 Å². The number of rotatable bonds is 1. The van der Waals surface area contributed by atoms with Gasteiger partial charge in [0, 0.05) is 11.8 Å². The van der Waals surface area contributed by atoms with E-state index in [4.69, 9.17) is 23.2 Å². The molecule has 7 heteroatoms. The summed E-state index contributed by atoms with van der Waals surface area (Å²) in [6, 6.07) is 4.79. The fourth-order valence-electron chi connectivity index (χ4n) is 1.50. The van der Waals surface area contributed by atoms with E-state index in [1.54, 1.807) is 0 Å². The first-order chi connectivity index (χ1) is 8.80. The second-order valence-corrected chi connectivity index (χ2v) is 4.46. The van der Waals surface area contributed by atoms with Gasteiger partial charge in [0.15, 0.2) is 0 Å².